The Labute approximate surface area is 211 Å². The van der Waals surface area contributed by atoms with Crippen molar-refractivity contribution in [2.45, 2.75) is 31.2 Å². The van der Waals surface area contributed by atoms with Crippen molar-refractivity contribution in [2.75, 3.05) is 32.0 Å². The number of carbonyl (C=O) groups is 2. The molecule has 3 N–H and O–H groups in total. The highest BCUT2D eigenvalue weighted by atomic mass is 32.2. The quantitative estimate of drug-likeness (QED) is 0.251. The minimum Gasteiger partial charge on any atom is -0.480 e. The summed E-state index contributed by atoms with van der Waals surface area (Å²) in [6.45, 7) is 2.73. The number of hydrogen-bond acceptors (Lipinski definition) is 7. The van der Waals surface area contributed by atoms with Gasteiger partial charge in [0.05, 0.1) is 17.7 Å². The van der Waals surface area contributed by atoms with Crippen LogP contribution in [0.2, 0.25) is 0 Å². The summed E-state index contributed by atoms with van der Waals surface area (Å²) in [4.78, 5) is 27.0. The first-order chi connectivity index (χ1) is 17.3. The summed E-state index contributed by atoms with van der Waals surface area (Å²) in [6, 6.07) is 15.9. The van der Waals surface area contributed by atoms with E-state index >= 15 is 0 Å². The average molecular weight is 514 g/mol. The molecule has 0 aliphatic carbocycles. The molecule has 9 nitrogen and oxygen atoms in total. The van der Waals surface area contributed by atoms with E-state index in [4.69, 9.17) is 4.74 Å². The van der Waals surface area contributed by atoms with Gasteiger partial charge in [0.15, 0.2) is 9.84 Å². The summed E-state index contributed by atoms with van der Waals surface area (Å²) in [5.41, 5.74) is 1.30. The third-order valence-electron chi connectivity index (χ3n) is 6.23. The molecule has 10 heteroatoms. The monoisotopic (exact) mass is 513 g/mol. The standard InChI is InChI=1S/C26H31N3O6S/c1-2-3-17-35-22-11-7-8-12-23(22)36(33,34)20-26(25(31)28-32)13-15-29(16-14-26)24(30)19-27-18-21-9-5-4-6-10-21/h4-12,27,32H,13-20H2,1H3,(H,28,31). The van der Waals surface area contributed by atoms with Crippen molar-refractivity contribution >= 4 is 21.7 Å². The van der Waals surface area contributed by atoms with Crippen molar-refractivity contribution in [3.63, 3.8) is 0 Å². The number of ether oxygens (including phenoxy) is 1. The zero-order valence-electron chi connectivity index (χ0n) is 20.2. The van der Waals surface area contributed by atoms with Crippen LogP contribution < -0.4 is 15.5 Å². The number of nitrogens with one attached hydrogen (secondary N) is 2. The third kappa shape index (κ3) is 6.85. The highest BCUT2D eigenvalue weighted by molar-refractivity contribution is 7.91. The van der Waals surface area contributed by atoms with Crippen LogP contribution in [-0.2, 0) is 26.0 Å². The van der Waals surface area contributed by atoms with E-state index in [1.807, 2.05) is 30.3 Å². The molecule has 0 bridgehead atoms. The average Bonchev–Trinajstić information content (AvgIpc) is 2.89. The van der Waals surface area contributed by atoms with Gasteiger partial charge in [-0.2, -0.15) is 0 Å². The summed E-state index contributed by atoms with van der Waals surface area (Å²) in [5, 5.41) is 12.5. The molecular weight excluding hydrogens is 482 g/mol. The van der Waals surface area contributed by atoms with Crippen molar-refractivity contribution in [3.8, 4) is 17.6 Å². The molecule has 2 amide bonds. The Morgan fingerprint density at radius 1 is 1.08 bits per heavy atom. The van der Waals surface area contributed by atoms with E-state index in [9.17, 15) is 23.2 Å². The lowest BCUT2D eigenvalue weighted by atomic mass is 9.79. The number of hydroxylamine groups is 1. The SMILES string of the molecule is CC#CCOc1ccccc1S(=O)(=O)CC1(C(=O)NO)CCN(C(=O)CNCc2ccccc2)CC1. The van der Waals surface area contributed by atoms with Gasteiger partial charge in [-0.25, -0.2) is 13.9 Å². The smallest absolute Gasteiger partial charge is 0.250 e. The molecule has 0 radical (unpaired) electrons. The van der Waals surface area contributed by atoms with Crippen LogP contribution in [0.4, 0.5) is 0 Å². The molecule has 1 aliphatic rings. The van der Waals surface area contributed by atoms with Gasteiger partial charge < -0.3 is 15.0 Å². The lowest BCUT2D eigenvalue weighted by molar-refractivity contribution is -0.144. The van der Waals surface area contributed by atoms with E-state index in [1.54, 1.807) is 29.4 Å². The lowest BCUT2D eigenvalue weighted by Crippen LogP contribution is -2.53. The first kappa shape index (κ1) is 27.2. The second kappa shape index (κ2) is 12.5. The highest BCUT2D eigenvalue weighted by Crippen LogP contribution is 2.37. The molecule has 3 rings (SSSR count). The topological polar surface area (TPSA) is 125 Å². The highest BCUT2D eigenvalue weighted by Gasteiger charge is 2.46. The van der Waals surface area contributed by atoms with E-state index in [1.165, 1.54) is 12.1 Å². The molecule has 2 aromatic carbocycles. The van der Waals surface area contributed by atoms with Gasteiger partial charge in [-0.3, -0.25) is 14.8 Å². The molecule has 1 heterocycles. The van der Waals surface area contributed by atoms with E-state index in [-0.39, 0.29) is 55.6 Å². The fourth-order valence-corrected chi connectivity index (χ4v) is 6.24. The second-order valence-electron chi connectivity index (χ2n) is 8.61. The molecule has 1 saturated heterocycles. The van der Waals surface area contributed by atoms with Gasteiger partial charge in [0, 0.05) is 19.6 Å². The predicted octanol–water partition coefficient (Wildman–Crippen LogP) is 1.77. The van der Waals surface area contributed by atoms with E-state index in [0.717, 1.165) is 5.56 Å². The van der Waals surface area contributed by atoms with E-state index in [0.29, 0.717) is 6.54 Å². The minimum absolute atomic E-state index is 0.0285. The number of benzene rings is 2. The van der Waals surface area contributed by atoms with Crippen LogP contribution >= 0.6 is 0 Å². The zero-order chi connectivity index (χ0) is 26.0. The summed E-state index contributed by atoms with van der Waals surface area (Å²) in [6.07, 6.45) is 0.181. The number of piperidine rings is 1. The van der Waals surface area contributed by atoms with Gasteiger partial charge in [0.1, 0.15) is 17.3 Å². The van der Waals surface area contributed by atoms with Gasteiger partial charge in [0.2, 0.25) is 5.91 Å². The summed E-state index contributed by atoms with van der Waals surface area (Å²) >= 11 is 0. The fourth-order valence-electron chi connectivity index (χ4n) is 4.21. The van der Waals surface area contributed by atoms with Crippen molar-refractivity contribution in [1.29, 1.82) is 0 Å². The Balaban J connectivity index is 1.67. The molecule has 2 aromatic rings. The van der Waals surface area contributed by atoms with Crippen LogP contribution in [0.3, 0.4) is 0 Å². The van der Waals surface area contributed by atoms with Gasteiger partial charge >= 0.3 is 0 Å². The number of hydrogen-bond donors (Lipinski definition) is 3. The van der Waals surface area contributed by atoms with E-state index in [2.05, 4.69) is 17.2 Å². The van der Waals surface area contributed by atoms with Crippen LogP contribution in [0.25, 0.3) is 0 Å². The van der Waals surface area contributed by atoms with Crippen molar-refractivity contribution in [1.82, 2.24) is 15.7 Å². The Hall–Kier alpha value is -3.39. The Bertz CT molecular complexity index is 1210. The molecule has 0 aromatic heterocycles. The Kier molecular flexibility index (Phi) is 9.47. The molecular formula is C26H31N3O6S. The number of sulfone groups is 1. The van der Waals surface area contributed by atoms with Crippen molar-refractivity contribution in [3.05, 3.63) is 60.2 Å². The maximum Gasteiger partial charge on any atom is 0.250 e. The third-order valence-corrected chi connectivity index (χ3v) is 8.17. The minimum atomic E-state index is -3.98. The fraction of sp³-hybridized carbons (Fsp3) is 0.385. The first-order valence-corrected chi connectivity index (χ1v) is 13.3. The largest absolute Gasteiger partial charge is 0.480 e. The van der Waals surface area contributed by atoms with Gasteiger partial charge in [-0.05, 0) is 37.5 Å². The summed E-state index contributed by atoms with van der Waals surface area (Å²) in [7, 11) is -3.98. The number of para-hydroxylation sites is 1. The number of nitrogens with zero attached hydrogens (tertiary/aromatic N) is 1. The summed E-state index contributed by atoms with van der Waals surface area (Å²) in [5.74, 6) is 4.11. The number of amides is 2. The van der Waals surface area contributed by atoms with Crippen LogP contribution in [0, 0.1) is 17.3 Å². The molecule has 1 aliphatic heterocycles. The molecule has 0 saturated carbocycles. The molecule has 0 spiro atoms. The van der Waals surface area contributed by atoms with Gasteiger partial charge in [0.25, 0.3) is 5.91 Å². The van der Waals surface area contributed by atoms with Crippen LogP contribution in [-0.4, -0.2) is 62.3 Å². The number of carbonyl (C=O) groups excluding carboxylic acids is 2. The normalized spacial score (nSPS) is 14.9. The van der Waals surface area contributed by atoms with E-state index < -0.39 is 26.9 Å². The number of likely N-dealkylation sites (tertiary alicyclic amines) is 1. The Morgan fingerprint density at radius 2 is 1.75 bits per heavy atom. The molecule has 1 fully saturated rings. The summed E-state index contributed by atoms with van der Waals surface area (Å²) < 4.78 is 32.3. The van der Waals surface area contributed by atoms with Gasteiger partial charge in [-0.15, -0.1) is 5.92 Å². The zero-order valence-corrected chi connectivity index (χ0v) is 21.0. The predicted molar refractivity (Wildman–Crippen MR) is 134 cm³/mol. The lowest BCUT2D eigenvalue weighted by Gasteiger charge is -2.40. The maximum atomic E-state index is 13.4. The van der Waals surface area contributed by atoms with Crippen LogP contribution in [0.15, 0.2) is 59.5 Å². The maximum absolute atomic E-state index is 13.4. The molecule has 192 valence electrons. The van der Waals surface area contributed by atoms with Crippen LogP contribution in [0.5, 0.6) is 5.75 Å². The first-order valence-electron chi connectivity index (χ1n) is 11.6. The molecule has 0 atom stereocenters. The second-order valence-corrected chi connectivity index (χ2v) is 10.6. The van der Waals surface area contributed by atoms with Crippen molar-refractivity contribution < 1.29 is 28.0 Å². The van der Waals surface area contributed by atoms with Crippen molar-refractivity contribution in [2.24, 2.45) is 5.41 Å². The number of rotatable bonds is 10. The van der Waals surface area contributed by atoms with Crippen LogP contribution in [0.1, 0.15) is 25.3 Å². The Morgan fingerprint density at radius 3 is 2.42 bits per heavy atom. The molecule has 36 heavy (non-hydrogen) atoms. The van der Waals surface area contributed by atoms with Gasteiger partial charge in [-0.1, -0.05) is 48.4 Å². The molecule has 0 unspecified atom stereocenters.